The highest BCUT2D eigenvalue weighted by atomic mass is 14.3. The molecule has 15 heavy (non-hydrogen) atoms. The van der Waals surface area contributed by atoms with Crippen LogP contribution in [0.25, 0.3) is 0 Å². The first-order valence-corrected chi connectivity index (χ1v) is 6.55. The molecule has 0 aromatic rings. The molecule has 0 radical (unpaired) electrons. The van der Waals surface area contributed by atoms with Crippen LogP contribution in [0, 0.1) is 11.8 Å². The maximum Gasteiger partial charge on any atom is -0.0140 e. The molecule has 1 aliphatic rings. The van der Waals surface area contributed by atoms with Crippen molar-refractivity contribution in [3.05, 3.63) is 23.8 Å². The SMILES string of the molecule is C=C(CC)C(CCC)C1CCCC=C1C. The van der Waals surface area contributed by atoms with E-state index in [-0.39, 0.29) is 0 Å². The van der Waals surface area contributed by atoms with Crippen molar-refractivity contribution in [1.29, 1.82) is 0 Å². The third kappa shape index (κ3) is 3.22. The molecule has 0 N–H and O–H groups in total. The van der Waals surface area contributed by atoms with Gasteiger partial charge in [0.25, 0.3) is 0 Å². The van der Waals surface area contributed by atoms with Crippen LogP contribution in [0.15, 0.2) is 23.8 Å². The second kappa shape index (κ2) is 6.15. The highest BCUT2D eigenvalue weighted by Crippen LogP contribution is 2.37. The first kappa shape index (κ1) is 12.5. The molecule has 0 saturated carbocycles. The van der Waals surface area contributed by atoms with Crippen molar-refractivity contribution in [1.82, 2.24) is 0 Å². The molecule has 0 amide bonds. The second-order valence-corrected chi connectivity index (χ2v) is 4.89. The van der Waals surface area contributed by atoms with Gasteiger partial charge in [-0.15, -0.1) is 0 Å². The Morgan fingerprint density at radius 1 is 1.53 bits per heavy atom. The van der Waals surface area contributed by atoms with Crippen molar-refractivity contribution in [3.63, 3.8) is 0 Å². The van der Waals surface area contributed by atoms with Gasteiger partial charge in [0.15, 0.2) is 0 Å². The summed E-state index contributed by atoms with van der Waals surface area (Å²) in [5, 5.41) is 0. The van der Waals surface area contributed by atoms with Crippen LogP contribution in [0.3, 0.4) is 0 Å². The van der Waals surface area contributed by atoms with E-state index in [4.69, 9.17) is 0 Å². The van der Waals surface area contributed by atoms with E-state index in [2.05, 4.69) is 33.4 Å². The van der Waals surface area contributed by atoms with Crippen LogP contribution in [-0.4, -0.2) is 0 Å². The Bertz CT molecular complexity index is 234. The van der Waals surface area contributed by atoms with Gasteiger partial charge in [-0.2, -0.15) is 0 Å². The molecule has 1 rings (SSSR count). The summed E-state index contributed by atoms with van der Waals surface area (Å²) in [4.78, 5) is 0. The summed E-state index contributed by atoms with van der Waals surface area (Å²) in [6, 6.07) is 0. The van der Waals surface area contributed by atoms with E-state index in [1.54, 1.807) is 5.57 Å². The molecule has 0 nitrogen and oxygen atoms in total. The van der Waals surface area contributed by atoms with Crippen LogP contribution >= 0.6 is 0 Å². The van der Waals surface area contributed by atoms with Gasteiger partial charge in [-0.3, -0.25) is 0 Å². The molecule has 0 spiro atoms. The summed E-state index contributed by atoms with van der Waals surface area (Å²) < 4.78 is 0. The minimum absolute atomic E-state index is 0.747. The molecular formula is C15H26. The average Bonchev–Trinajstić information content (AvgIpc) is 2.26. The molecule has 2 atom stereocenters. The lowest BCUT2D eigenvalue weighted by atomic mass is 9.74. The molecule has 1 aliphatic carbocycles. The van der Waals surface area contributed by atoms with Crippen molar-refractivity contribution in [2.45, 2.75) is 59.3 Å². The van der Waals surface area contributed by atoms with Crippen molar-refractivity contribution in [2.24, 2.45) is 11.8 Å². The maximum atomic E-state index is 4.27. The molecule has 2 unspecified atom stereocenters. The van der Waals surface area contributed by atoms with Gasteiger partial charge in [0, 0.05) is 0 Å². The summed E-state index contributed by atoms with van der Waals surface area (Å²) in [7, 11) is 0. The summed E-state index contributed by atoms with van der Waals surface area (Å²) in [5.74, 6) is 1.54. The predicted molar refractivity (Wildman–Crippen MR) is 68.9 cm³/mol. The van der Waals surface area contributed by atoms with Crippen LogP contribution in [0.4, 0.5) is 0 Å². The molecule has 0 fully saturated rings. The van der Waals surface area contributed by atoms with E-state index in [0.717, 1.165) is 18.3 Å². The van der Waals surface area contributed by atoms with Crippen molar-refractivity contribution in [3.8, 4) is 0 Å². The van der Waals surface area contributed by atoms with E-state index in [1.807, 2.05) is 0 Å². The Labute approximate surface area is 95.5 Å². The molecule has 0 heteroatoms. The lowest BCUT2D eigenvalue weighted by Crippen LogP contribution is -2.20. The van der Waals surface area contributed by atoms with E-state index in [9.17, 15) is 0 Å². The third-order valence-corrected chi connectivity index (χ3v) is 3.83. The Kier molecular flexibility index (Phi) is 5.14. The first-order valence-electron chi connectivity index (χ1n) is 6.55. The third-order valence-electron chi connectivity index (χ3n) is 3.83. The minimum atomic E-state index is 0.747. The van der Waals surface area contributed by atoms with Crippen molar-refractivity contribution < 1.29 is 0 Å². The largest absolute Gasteiger partial charge is 0.0996 e. The predicted octanol–water partition coefficient (Wildman–Crippen LogP) is 5.12. The molecule has 0 heterocycles. The summed E-state index contributed by atoms with van der Waals surface area (Å²) in [5.41, 5.74) is 3.09. The number of hydrogen-bond acceptors (Lipinski definition) is 0. The van der Waals surface area contributed by atoms with Gasteiger partial charge in [-0.25, -0.2) is 0 Å². The maximum absolute atomic E-state index is 4.27. The smallest absolute Gasteiger partial charge is 0.0140 e. The van der Waals surface area contributed by atoms with Crippen LogP contribution in [0.2, 0.25) is 0 Å². The van der Waals surface area contributed by atoms with Gasteiger partial charge in [-0.1, -0.05) is 44.1 Å². The fraction of sp³-hybridized carbons (Fsp3) is 0.733. The standard InChI is InChI=1S/C15H26/c1-5-9-14(12(3)6-2)15-11-8-7-10-13(15)4/h10,14-15H,3,5-9,11H2,1-2,4H3. The van der Waals surface area contributed by atoms with Crippen LogP contribution in [-0.2, 0) is 0 Å². The quantitative estimate of drug-likeness (QED) is 0.548. The van der Waals surface area contributed by atoms with Crippen LogP contribution in [0.1, 0.15) is 59.3 Å². The number of allylic oxidation sites excluding steroid dienone is 3. The van der Waals surface area contributed by atoms with Gasteiger partial charge >= 0.3 is 0 Å². The highest BCUT2D eigenvalue weighted by Gasteiger charge is 2.25. The zero-order valence-electron chi connectivity index (χ0n) is 10.7. The second-order valence-electron chi connectivity index (χ2n) is 4.89. The fourth-order valence-corrected chi connectivity index (χ4v) is 2.83. The Morgan fingerprint density at radius 2 is 2.27 bits per heavy atom. The summed E-state index contributed by atoms with van der Waals surface area (Å²) in [6.07, 6.45) is 10.2. The van der Waals surface area contributed by atoms with Gasteiger partial charge < -0.3 is 0 Å². The van der Waals surface area contributed by atoms with E-state index >= 15 is 0 Å². The molecule has 0 aliphatic heterocycles. The lowest BCUT2D eigenvalue weighted by molar-refractivity contribution is 0.356. The Hall–Kier alpha value is -0.520. The fourth-order valence-electron chi connectivity index (χ4n) is 2.83. The molecule has 0 bridgehead atoms. The zero-order valence-corrected chi connectivity index (χ0v) is 10.7. The van der Waals surface area contributed by atoms with Crippen LogP contribution < -0.4 is 0 Å². The highest BCUT2D eigenvalue weighted by molar-refractivity contribution is 5.15. The van der Waals surface area contributed by atoms with Crippen molar-refractivity contribution in [2.75, 3.05) is 0 Å². The molecule has 0 saturated heterocycles. The van der Waals surface area contributed by atoms with E-state index < -0.39 is 0 Å². The Morgan fingerprint density at radius 3 is 2.80 bits per heavy atom. The minimum Gasteiger partial charge on any atom is -0.0996 e. The van der Waals surface area contributed by atoms with Crippen LogP contribution in [0.5, 0.6) is 0 Å². The van der Waals surface area contributed by atoms with E-state index in [1.165, 1.54) is 37.7 Å². The Balaban J connectivity index is 2.73. The summed E-state index contributed by atoms with van der Waals surface area (Å²) in [6.45, 7) is 11.1. The number of rotatable bonds is 5. The molecule has 0 aromatic carbocycles. The molecule has 86 valence electrons. The first-order chi connectivity index (χ1) is 7.20. The lowest BCUT2D eigenvalue weighted by Gasteiger charge is -2.31. The normalized spacial score (nSPS) is 23.4. The number of hydrogen-bond donors (Lipinski definition) is 0. The van der Waals surface area contributed by atoms with Gasteiger partial charge in [-0.05, 0) is 50.9 Å². The zero-order chi connectivity index (χ0) is 11.3. The van der Waals surface area contributed by atoms with Crippen molar-refractivity contribution >= 4 is 0 Å². The van der Waals surface area contributed by atoms with E-state index in [0.29, 0.717) is 0 Å². The summed E-state index contributed by atoms with van der Waals surface area (Å²) >= 11 is 0. The topological polar surface area (TPSA) is 0 Å². The molecule has 0 aromatic heterocycles. The monoisotopic (exact) mass is 206 g/mol. The van der Waals surface area contributed by atoms with Gasteiger partial charge in [0.1, 0.15) is 0 Å². The average molecular weight is 206 g/mol. The van der Waals surface area contributed by atoms with Gasteiger partial charge in [0.2, 0.25) is 0 Å². The van der Waals surface area contributed by atoms with Gasteiger partial charge in [0.05, 0.1) is 0 Å². The molecular weight excluding hydrogens is 180 g/mol.